The van der Waals surface area contributed by atoms with Gasteiger partial charge in [0.1, 0.15) is 5.75 Å². The molecule has 10 heteroatoms. The fraction of sp³-hybridized carbons (Fsp3) is 0.355. The first-order chi connectivity index (χ1) is 20.0. The number of nitrogens with zero attached hydrogens (tertiary/aromatic N) is 3. The lowest BCUT2D eigenvalue weighted by Gasteiger charge is -2.23. The predicted molar refractivity (Wildman–Crippen MR) is 154 cm³/mol. The average molecular weight is 559 g/mol. The Hall–Kier alpha value is -4.18. The molecule has 3 N–H and O–H groups in total. The van der Waals surface area contributed by atoms with Gasteiger partial charge in [-0.2, -0.15) is 0 Å². The van der Waals surface area contributed by atoms with Gasteiger partial charge in [0.2, 0.25) is 24.2 Å². The van der Waals surface area contributed by atoms with Crippen LogP contribution in [-0.4, -0.2) is 46.4 Å². The van der Waals surface area contributed by atoms with Crippen LogP contribution in [0.2, 0.25) is 0 Å². The number of carbonyl (C=O) groups is 1. The van der Waals surface area contributed by atoms with Crippen LogP contribution in [0.15, 0.2) is 60.9 Å². The number of ether oxygens (including phenoxy) is 1. The van der Waals surface area contributed by atoms with Crippen molar-refractivity contribution in [3.05, 3.63) is 66.5 Å². The van der Waals surface area contributed by atoms with Gasteiger partial charge in [0.05, 0.1) is 11.3 Å². The van der Waals surface area contributed by atoms with Crippen LogP contribution in [0.5, 0.6) is 11.6 Å². The van der Waals surface area contributed by atoms with Gasteiger partial charge in [-0.1, -0.05) is 24.3 Å². The molecule has 1 amide bonds. The van der Waals surface area contributed by atoms with Crippen LogP contribution in [0.4, 0.5) is 20.4 Å². The van der Waals surface area contributed by atoms with Gasteiger partial charge in [-0.3, -0.25) is 4.79 Å². The van der Waals surface area contributed by atoms with Crippen LogP contribution in [0.3, 0.4) is 0 Å². The van der Waals surface area contributed by atoms with Gasteiger partial charge in [-0.05, 0) is 68.5 Å². The molecule has 2 fully saturated rings. The number of carbonyl (C=O) groups excluding carboxylic acids is 1. The molecule has 1 aliphatic carbocycles. The van der Waals surface area contributed by atoms with E-state index in [4.69, 9.17) is 9.72 Å². The van der Waals surface area contributed by atoms with E-state index in [1.54, 1.807) is 18.5 Å². The van der Waals surface area contributed by atoms with Crippen molar-refractivity contribution in [3.63, 3.8) is 0 Å². The number of aromatic nitrogens is 3. The maximum absolute atomic E-state index is 12.9. The van der Waals surface area contributed by atoms with Gasteiger partial charge in [0, 0.05) is 53.8 Å². The Kier molecular flexibility index (Phi) is 7.74. The second-order valence-electron chi connectivity index (χ2n) is 10.8. The van der Waals surface area contributed by atoms with Crippen LogP contribution in [0.25, 0.3) is 22.0 Å². The minimum Gasteiger partial charge on any atom is -0.437 e. The summed E-state index contributed by atoms with van der Waals surface area (Å²) >= 11 is 0. The number of benzene rings is 2. The van der Waals surface area contributed by atoms with E-state index in [0.29, 0.717) is 35.4 Å². The van der Waals surface area contributed by atoms with Crippen LogP contribution in [-0.2, 0) is 4.79 Å². The second kappa shape index (κ2) is 11.7. The van der Waals surface area contributed by atoms with Crippen molar-refractivity contribution in [1.29, 1.82) is 0 Å². The number of alkyl halides is 2. The first kappa shape index (κ1) is 27.0. The average Bonchev–Trinajstić information content (AvgIpc) is 3.75. The Morgan fingerprint density at radius 2 is 2.00 bits per heavy atom. The molecule has 8 nitrogen and oxygen atoms in total. The number of aryl methyl sites for hydroxylation is 1. The molecular formula is C31H32F2N6O2. The lowest BCUT2D eigenvalue weighted by atomic mass is 10.0. The number of amides is 1. The maximum atomic E-state index is 12.9. The summed E-state index contributed by atoms with van der Waals surface area (Å²) in [5, 5.41) is 11.3. The SMILES string of the molecule is Cc1ccc2c(NC(=O)C[C@H]3C[C@H]3C(F)F)cccc2c1Oc1ncccc1-c1ccnc(N[C@H]2CCCNC2)n1. The second-order valence-corrected chi connectivity index (χ2v) is 10.8. The fourth-order valence-electron chi connectivity index (χ4n) is 5.44. The van der Waals surface area contributed by atoms with Gasteiger partial charge >= 0.3 is 0 Å². The minimum absolute atomic E-state index is 0.0882. The fourth-order valence-corrected chi connectivity index (χ4v) is 5.44. The van der Waals surface area contributed by atoms with E-state index in [1.165, 1.54) is 0 Å². The number of pyridine rings is 1. The largest absolute Gasteiger partial charge is 0.437 e. The van der Waals surface area contributed by atoms with E-state index in [0.717, 1.165) is 47.8 Å². The molecule has 2 aromatic heterocycles. The Morgan fingerprint density at radius 1 is 1.10 bits per heavy atom. The molecule has 1 saturated heterocycles. The lowest BCUT2D eigenvalue weighted by molar-refractivity contribution is -0.116. The molecule has 2 aliphatic rings. The summed E-state index contributed by atoms with van der Waals surface area (Å²) in [6.45, 7) is 3.85. The topological polar surface area (TPSA) is 101 Å². The quantitative estimate of drug-likeness (QED) is 0.225. The monoisotopic (exact) mass is 558 g/mol. The molecule has 0 spiro atoms. The summed E-state index contributed by atoms with van der Waals surface area (Å²) in [6.07, 6.45) is 3.67. The van der Waals surface area contributed by atoms with E-state index < -0.39 is 12.3 Å². The molecule has 0 radical (unpaired) electrons. The molecule has 4 aromatic rings. The number of anilines is 2. The Balaban J connectivity index is 1.26. The van der Waals surface area contributed by atoms with Gasteiger partial charge in [-0.15, -0.1) is 0 Å². The molecule has 0 unspecified atom stereocenters. The molecule has 0 bridgehead atoms. The summed E-state index contributed by atoms with van der Waals surface area (Å²) in [6, 6.07) is 15.3. The van der Waals surface area contributed by atoms with Crippen molar-refractivity contribution in [2.45, 2.75) is 45.1 Å². The first-order valence-corrected chi connectivity index (χ1v) is 14.0. The third-order valence-electron chi connectivity index (χ3n) is 7.76. The summed E-state index contributed by atoms with van der Waals surface area (Å²) < 4.78 is 32.3. The normalized spacial score (nSPS) is 20.1. The molecule has 6 rings (SSSR count). The Labute approximate surface area is 237 Å². The van der Waals surface area contributed by atoms with E-state index in [-0.39, 0.29) is 24.3 Å². The summed E-state index contributed by atoms with van der Waals surface area (Å²) in [5.41, 5.74) is 2.91. The number of rotatable bonds is 9. The van der Waals surface area contributed by atoms with E-state index in [1.807, 2.05) is 49.4 Å². The standard InChI is InChI=1S/C31H32F2N6O2/c1-18-9-10-21-22(6-2-8-25(21)38-27(40)16-19-15-24(19)29(32)33)28(18)41-30-23(7-4-13-35-30)26-11-14-36-31(39-26)37-20-5-3-12-34-17-20/h2,4,6-11,13-14,19-20,24,29,34H,3,5,12,15-17H2,1H3,(H,38,40)(H,36,37,39)/t19-,20+,24-/m1/s1. The number of fused-ring (bicyclic) bond motifs is 1. The van der Waals surface area contributed by atoms with Crippen molar-refractivity contribution < 1.29 is 18.3 Å². The molecule has 3 atom stereocenters. The van der Waals surface area contributed by atoms with Crippen LogP contribution in [0, 0.1) is 18.8 Å². The third-order valence-corrected chi connectivity index (χ3v) is 7.76. The van der Waals surface area contributed by atoms with Crippen molar-refractivity contribution in [1.82, 2.24) is 20.3 Å². The molecule has 41 heavy (non-hydrogen) atoms. The van der Waals surface area contributed by atoms with Gasteiger partial charge < -0.3 is 20.7 Å². The van der Waals surface area contributed by atoms with Gasteiger partial charge in [-0.25, -0.2) is 23.7 Å². The maximum Gasteiger partial charge on any atom is 0.241 e. The highest BCUT2D eigenvalue weighted by molar-refractivity contribution is 6.04. The number of halogens is 2. The van der Waals surface area contributed by atoms with Crippen molar-refractivity contribution in [2.24, 2.45) is 11.8 Å². The number of hydrogen-bond donors (Lipinski definition) is 3. The summed E-state index contributed by atoms with van der Waals surface area (Å²) in [4.78, 5) is 26.3. The van der Waals surface area contributed by atoms with E-state index in [2.05, 4.69) is 25.9 Å². The van der Waals surface area contributed by atoms with Crippen molar-refractivity contribution in [2.75, 3.05) is 23.7 Å². The number of nitrogens with one attached hydrogen (secondary N) is 3. The molecule has 3 heterocycles. The molecule has 1 aliphatic heterocycles. The highest BCUT2D eigenvalue weighted by Gasteiger charge is 2.44. The molecule has 1 saturated carbocycles. The highest BCUT2D eigenvalue weighted by Crippen LogP contribution is 2.45. The molecule has 2 aromatic carbocycles. The zero-order valence-electron chi connectivity index (χ0n) is 22.7. The van der Waals surface area contributed by atoms with Gasteiger partial charge in [0.25, 0.3) is 0 Å². The predicted octanol–water partition coefficient (Wildman–Crippen LogP) is 6.19. The highest BCUT2D eigenvalue weighted by atomic mass is 19.3. The van der Waals surface area contributed by atoms with E-state index in [9.17, 15) is 13.6 Å². The van der Waals surface area contributed by atoms with Crippen molar-refractivity contribution >= 4 is 28.3 Å². The Bertz CT molecular complexity index is 1560. The Morgan fingerprint density at radius 3 is 2.80 bits per heavy atom. The number of piperidine rings is 1. The third kappa shape index (κ3) is 6.12. The zero-order valence-corrected chi connectivity index (χ0v) is 22.7. The summed E-state index contributed by atoms with van der Waals surface area (Å²) in [5.74, 6) is 0.365. The van der Waals surface area contributed by atoms with Crippen LogP contribution in [0.1, 0.15) is 31.2 Å². The van der Waals surface area contributed by atoms with E-state index >= 15 is 0 Å². The zero-order chi connectivity index (χ0) is 28.3. The van der Waals surface area contributed by atoms with Gasteiger partial charge in [0.15, 0.2) is 0 Å². The van der Waals surface area contributed by atoms with Crippen molar-refractivity contribution in [3.8, 4) is 22.9 Å². The summed E-state index contributed by atoms with van der Waals surface area (Å²) in [7, 11) is 0. The minimum atomic E-state index is -2.37. The van der Waals surface area contributed by atoms with Crippen LogP contribution < -0.4 is 20.7 Å². The number of hydrogen-bond acceptors (Lipinski definition) is 7. The lowest BCUT2D eigenvalue weighted by Crippen LogP contribution is -2.38. The van der Waals surface area contributed by atoms with Crippen LogP contribution >= 0.6 is 0 Å². The first-order valence-electron chi connectivity index (χ1n) is 14.0. The smallest absolute Gasteiger partial charge is 0.241 e. The molecular weight excluding hydrogens is 526 g/mol. The molecule has 212 valence electrons.